The van der Waals surface area contributed by atoms with Crippen LogP contribution in [0.25, 0.3) is 10.8 Å². The second-order valence-corrected chi connectivity index (χ2v) is 5.15. The molecule has 4 rings (SSSR count). The van der Waals surface area contributed by atoms with Crippen molar-refractivity contribution in [1.82, 2.24) is 9.97 Å². The lowest BCUT2D eigenvalue weighted by atomic mass is 9.93. The van der Waals surface area contributed by atoms with E-state index in [0.29, 0.717) is 16.3 Å². The predicted molar refractivity (Wildman–Crippen MR) is 83.0 cm³/mol. The van der Waals surface area contributed by atoms with Gasteiger partial charge in [-0.2, -0.15) is 0 Å². The highest BCUT2D eigenvalue weighted by Gasteiger charge is 2.27. The molecule has 0 fully saturated rings. The molecule has 7 nitrogen and oxygen atoms in total. The van der Waals surface area contributed by atoms with E-state index in [1.165, 1.54) is 0 Å². The summed E-state index contributed by atoms with van der Waals surface area (Å²) >= 11 is 0. The first kappa shape index (κ1) is 13.2. The Morgan fingerprint density at radius 1 is 0.783 bits per heavy atom. The number of fused-ring (bicyclic) bond motifs is 1. The largest absolute Gasteiger partial charge is 0.327 e. The minimum atomic E-state index is -0.842. The number of amides is 1. The lowest BCUT2D eigenvalue weighted by molar-refractivity contribution is 0.102. The molecular formula is C16H9N3O4. The maximum Gasteiger partial charge on any atom is 0.327 e. The zero-order valence-corrected chi connectivity index (χ0v) is 11.6. The molecule has 2 heterocycles. The Hall–Kier alpha value is -3.48. The number of carbonyl (C=O) groups excluding carboxylic acids is 2. The molecule has 1 aromatic heterocycles. The molecule has 112 valence electrons. The standard InChI is InChI=1S/C16H9N3O4/c20-12-8-5-1-3-7-4-2-6-9(10(7)8)14(21)17-13-11(12)15(22)19-16(23)18-13/h1-6H,(H3,17,18,19,21,22,23). The second-order valence-electron chi connectivity index (χ2n) is 5.15. The number of aromatic amines is 2. The van der Waals surface area contributed by atoms with Crippen molar-refractivity contribution in [3.8, 4) is 0 Å². The van der Waals surface area contributed by atoms with Crippen LogP contribution in [-0.4, -0.2) is 21.7 Å². The molecule has 0 spiro atoms. The van der Waals surface area contributed by atoms with Crippen molar-refractivity contribution < 1.29 is 9.59 Å². The highest BCUT2D eigenvalue weighted by atomic mass is 16.2. The number of benzene rings is 2. The number of aromatic nitrogens is 2. The van der Waals surface area contributed by atoms with Crippen molar-refractivity contribution in [2.75, 3.05) is 5.32 Å². The molecule has 0 unspecified atom stereocenters. The highest BCUT2D eigenvalue weighted by Crippen LogP contribution is 2.28. The summed E-state index contributed by atoms with van der Waals surface area (Å²) in [5.74, 6) is -1.26. The summed E-state index contributed by atoms with van der Waals surface area (Å²) < 4.78 is 0. The van der Waals surface area contributed by atoms with E-state index in [1.54, 1.807) is 36.4 Å². The molecule has 1 aliphatic rings. The van der Waals surface area contributed by atoms with E-state index in [-0.39, 0.29) is 16.9 Å². The van der Waals surface area contributed by atoms with Crippen LogP contribution in [-0.2, 0) is 0 Å². The smallest absolute Gasteiger partial charge is 0.307 e. The normalized spacial score (nSPS) is 13.2. The van der Waals surface area contributed by atoms with Crippen molar-refractivity contribution >= 4 is 28.3 Å². The summed E-state index contributed by atoms with van der Waals surface area (Å²) in [7, 11) is 0. The van der Waals surface area contributed by atoms with Gasteiger partial charge in [0, 0.05) is 16.5 Å². The summed E-state index contributed by atoms with van der Waals surface area (Å²) in [6.45, 7) is 0. The van der Waals surface area contributed by atoms with Gasteiger partial charge in [0.2, 0.25) is 5.78 Å². The van der Waals surface area contributed by atoms with E-state index in [4.69, 9.17) is 0 Å². The molecule has 3 aromatic rings. The Morgan fingerprint density at radius 3 is 2.22 bits per heavy atom. The van der Waals surface area contributed by atoms with Crippen molar-refractivity contribution in [2.24, 2.45) is 0 Å². The number of nitrogens with one attached hydrogen (secondary N) is 3. The van der Waals surface area contributed by atoms with Gasteiger partial charge in [-0.3, -0.25) is 24.4 Å². The molecule has 0 saturated carbocycles. The van der Waals surface area contributed by atoms with Crippen LogP contribution in [0.4, 0.5) is 5.82 Å². The molecule has 0 saturated heterocycles. The molecule has 2 aromatic carbocycles. The topological polar surface area (TPSA) is 112 Å². The number of carbonyl (C=O) groups is 2. The minimum absolute atomic E-state index is 0.194. The Kier molecular flexibility index (Phi) is 2.59. The summed E-state index contributed by atoms with van der Waals surface area (Å²) in [5.41, 5.74) is -1.38. The number of hydrogen-bond donors (Lipinski definition) is 3. The molecular weight excluding hydrogens is 298 g/mol. The lowest BCUT2D eigenvalue weighted by Gasteiger charge is -2.16. The summed E-state index contributed by atoms with van der Waals surface area (Å²) in [6.07, 6.45) is 0. The van der Waals surface area contributed by atoms with Gasteiger partial charge >= 0.3 is 5.69 Å². The number of anilines is 1. The summed E-state index contributed by atoms with van der Waals surface area (Å²) in [5, 5.41) is 3.64. The third-order valence-corrected chi connectivity index (χ3v) is 3.80. The number of hydrogen-bond acceptors (Lipinski definition) is 4. The van der Waals surface area contributed by atoms with Gasteiger partial charge in [-0.25, -0.2) is 4.79 Å². The first-order chi connectivity index (χ1) is 11.1. The summed E-state index contributed by atoms with van der Waals surface area (Å²) in [6, 6.07) is 10.1. The zero-order valence-electron chi connectivity index (χ0n) is 11.6. The van der Waals surface area contributed by atoms with Crippen molar-refractivity contribution in [1.29, 1.82) is 0 Å². The quantitative estimate of drug-likeness (QED) is 0.575. The van der Waals surface area contributed by atoms with Crippen molar-refractivity contribution in [2.45, 2.75) is 0 Å². The molecule has 0 bridgehead atoms. The molecule has 0 atom stereocenters. The van der Waals surface area contributed by atoms with Gasteiger partial charge in [-0.1, -0.05) is 30.3 Å². The lowest BCUT2D eigenvalue weighted by Crippen LogP contribution is -2.33. The minimum Gasteiger partial charge on any atom is -0.307 e. The van der Waals surface area contributed by atoms with Crippen LogP contribution in [0.5, 0.6) is 0 Å². The van der Waals surface area contributed by atoms with Crippen LogP contribution in [0.1, 0.15) is 26.3 Å². The monoisotopic (exact) mass is 307 g/mol. The highest BCUT2D eigenvalue weighted by molar-refractivity contribution is 6.26. The van der Waals surface area contributed by atoms with E-state index in [9.17, 15) is 19.2 Å². The SMILES string of the molecule is O=C1Nc2[nH]c(=O)[nH]c(=O)c2C(=O)c2cccc3cccc1c23. The Bertz CT molecular complexity index is 1120. The molecule has 0 aliphatic carbocycles. The van der Waals surface area contributed by atoms with Gasteiger partial charge in [-0.15, -0.1) is 0 Å². The fraction of sp³-hybridized carbons (Fsp3) is 0. The predicted octanol–water partition coefficient (Wildman–Crippen LogP) is 1.01. The maximum absolute atomic E-state index is 12.8. The number of H-pyrrole nitrogens is 2. The van der Waals surface area contributed by atoms with Gasteiger partial charge in [-0.05, 0) is 11.5 Å². The first-order valence-electron chi connectivity index (χ1n) is 6.80. The summed E-state index contributed by atoms with van der Waals surface area (Å²) in [4.78, 5) is 53.1. The van der Waals surface area contributed by atoms with Crippen LogP contribution in [0.2, 0.25) is 0 Å². The molecule has 7 heteroatoms. The Morgan fingerprint density at radius 2 is 1.48 bits per heavy atom. The molecule has 0 radical (unpaired) electrons. The van der Waals surface area contributed by atoms with Crippen LogP contribution < -0.4 is 16.6 Å². The number of rotatable bonds is 0. The molecule has 1 aliphatic heterocycles. The van der Waals surface area contributed by atoms with Crippen LogP contribution in [0, 0.1) is 0 Å². The average Bonchev–Trinajstić information content (AvgIpc) is 2.51. The van der Waals surface area contributed by atoms with E-state index < -0.39 is 22.9 Å². The van der Waals surface area contributed by atoms with Crippen LogP contribution in [0.3, 0.4) is 0 Å². The second kappa shape index (κ2) is 4.51. The van der Waals surface area contributed by atoms with Crippen LogP contribution in [0.15, 0.2) is 46.0 Å². The fourth-order valence-corrected chi connectivity index (χ4v) is 2.83. The molecule has 23 heavy (non-hydrogen) atoms. The fourth-order valence-electron chi connectivity index (χ4n) is 2.83. The van der Waals surface area contributed by atoms with E-state index in [0.717, 1.165) is 0 Å². The van der Waals surface area contributed by atoms with Gasteiger partial charge in [0.25, 0.3) is 11.5 Å². The third kappa shape index (κ3) is 1.83. The number of ketones is 1. The van der Waals surface area contributed by atoms with Crippen molar-refractivity contribution in [3.63, 3.8) is 0 Å². The molecule has 3 N–H and O–H groups in total. The zero-order chi connectivity index (χ0) is 16.1. The first-order valence-corrected chi connectivity index (χ1v) is 6.80. The van der Waals surface area contributed by atoms with Gasteiger partial charge in [0.05, 0.1) is 0 Å². The molecule has 1 amide bonds. The van der Waals surface area contributed by atoms with Gasteiger partial charge < -0.3 is 5.32 Å². The van der Waals surface area contributed by atoms with E-state index in [1.807, 2.05) is 4.98 Å². The van der Waals surface area contributed by atoms with E-state index in [2.05, 4.69) is 10.3 Å². The van der Waals surface area contributed by atoms with Crippen LogP contribution >= 0.6 is 0 Å². The third-order valence-electron chi connectivity index (χ3n) is 3.80. The van der Waals surface area contributed by atoms with Crippen molar-refractivity contribution in [3.05, 3.63) is 73.9 Å². The maximum atomic E-state index is 12.8. The van der Waals surface area contributed by atoms with Gasteiger partial charge in [0.15, 0.2) is 0 Å². The Labute approximate surface area is 128 Å². The van der Waals surface area contributed by atoms with Gasteiger partial charge in [0.1, 0.15) is 11.4 Å². The average molecular weight is 307 g/mol. The van der Waals surface area contributed by atoms with E-state index >= 15 is 0 Å². The Balaban J connectivity index is 2.19.